The quantitative estimate of drug-likeness (QED) is 0.273. The number of ether oxygens (including phenoxy) is 2. The lowest BCUT2D eigenvalue weighted by molar-refractivity contribution is -0.302. The molecule has 0 bridgehead atoms. The number of anilines is 1. The Balaban J connectivity index is 1.72. The summed E-state index contributed by atoms with van der Waals surface area (Å²) in [4.78, 5) is 19.2. The van der Waals surface area contributed by atoms with E-state index in [1.807, 2.05) is 19.3 Å². The minimum Gasteiger partial charge on any atom is -0.394 e. The number of benzene rings is 1. The molecule has 6 N–H and O–H groups in total. The van der Waals surface area contributed by atoms with Gasteiger partial charge in [0.05, 0.1) is 24.8 Å². The molecule has 1 saturated heterocycles. The fourth-order valence-electron chi connectivity index (χ4n) is 5.71. The van der Waals surface area contributed by atoms with E-state index in [1.54, 1.807) is 0 Å². The van der Waals surface area contributed by atoms with Gasteiger partial charge in [-0.2, -0.15) is 0 Å². The Morgan fingerprint density at radius 1 is 1.26 bits per heavy atom. The maximum Gasteiger partial charge on any atom is 0.243 e. The first-order valence-corrected chi connectivity index (χ1v) is 13.7. The van der Waals surface area contributed by atoms with Gasteiger partial charge >= 0.3 is 0 Å². The van der Waals surface area contributed by atoms with Crippen LogP contribution in [0.4, 0.5) is 5.69 Å². The highest BCUT2D eigenvalue weighted by atomic mass is 16.7. The summed E-state index contributed by atoms with van der Waals surface area (Å²) in [6.45, 7) is 11.8. The van der Waals surface area contributed by atoms with Crippen molar-refractivity contribution in [3.63, 3.8) is 0 Å². The lowest BCUT2D eigenvalue weighted by Gasteiger charge is -2.40. The number of aromatic amines is 1. The van der Waals surface area contributed by atoms with Crippen molar-refractivity contribution < 1.29 is 34.7 Å². The number of hydrogen-bond acceptors (Lipinski definition) is 8. The van der Waals surface area contributed by atoms with Gasteiger partial charge in [-0.1, -0.05) is 46.3 Å². The summed E-state index contributed by atoms with van der Waals surface area (Å²) in [5.41, 5.74) is 3.77. The topological polar surface area (TPSA) is 148 Å². The third-order valence-corrected chi connectivity index (χ3v) is 8.47. The molecule has 0 saturated carbocycles. The van der Waals surface area contributed by atoms with E-state index in [1.165, 1.54) is 0 Å². The van der Waals surface area contributed by atoms with E-state index in [2.05, 4.69) is 61.6 Å². The molecule has 216 valence electrons. The zero-order chi connectivity index (χ0) is 28.6. The summed E-state index contributed by atoms with van der Waals surface area (Å²) in [6, 6.07) is 3.26. The molecule has 2 aliphatic heterocycles. The first-order chi connectivity index (χ1) is 18.4. The van der Waals surface area contributed by atoms with Crippen LogP contribution < -0.4 is 10.2 Å². The molecule has 2 aliphatic rings. The van der Waals surface area contributed by atoms with E-state index in [0.717, 1.165) is 34.1 Å². The van der Waals surface area contributed by atoms with Crippen molar-refractivity contribution in [1.82, 2.24) is 10.3 Å². The second-order valence-electron chi connectivity index (χ2n) is 11.5. The lowest BCUT2D eigenvalue weighted by Crippen LogP contribution is -2.60. The number of amides is 1. The largest absolute Gasteiger partial charge is 0.394 e. The Morgan fingerprint density at radius 3 is 2.62 bits per heavy atom. The van der Waals surface area contributed by atoms with E-state index < -0.39 is 49.4 Å². The SMILES string of the molecule is C=CC(C)(C)c1ccc2c3c(c[nH]c13)C[C@@H](COC1OC(CO)C(O)C(O)C1O)NC(=O)[C@H]([C@@H](C)CC)N2C. The molecule has 1 amide bonds. The summed E-state index contributed by atoms with van der Waals surface area (Å²) in [7, 11) is 1.95. The number of aliphatic hydroxyl groups is 4. The third-order valence-electron chi connectivity index (χ3n) is 8.47. The molecular weight excluding hydrogens is 502 g/mol. The summed E-state index contributed by atoms with van der Waals surface area (Å²) in [5, 5.41) is 44.4. The molecule has 10 heteroatoms. The van der Waals surface area contributed by atoms with Crippen molar-refractivity contribution in [2.75, 3.05) is 25.2 Å². The van der Waals surface area contributed by atoms with Gasteiger partial charge in [-0.15, -0.1) is 6.58 Å². The minimum absolute atomic E-state index is 0.0226. The van der Waals surface area contributed by atoms with Crippen molar-refractivity contribution in [1.29, 1.82) is 0 Å². The number of hydrogen-bond donors (Lipinski definition) is 6. The average molecular weight is 546 g/mol. The van der Waals surface area contributed by atoms with Gasteiger partial charge in [-0.05, 0) is 29.5 Å². The number of carbonyl (C=O) groups is 1. The maximum absolute atomic E-state index is 13.7. The predicted octanol–water partition coefficient (Wildman–Crippen LogP) is 1.34. The summed E-state index contributed by atoms with van der Waals surface area (Å²) in [6.07, 6.45) is -1.75. The normalized spacial score (nSPS) is 30.8. The number of H-pyrrole nitrogens is 1. The van der Waals surface area contributed by atoms with E-state index >= 15 is 0 Å². The Hall–Kier alpha value is -2.47. The molecular formula is C29H43N3O7. The fraction of sp³-hybridized carbons (Fsp3) is 0.621. The predicted molar refractivity (Wildman–Crippen MR) is 149 cm³/mol. The smallest absolute Gasteiger partial charge is 0.243 e. The number of aliphatic hydroxyl groups excluding tert-OH is 4. The Labute approximate surface area is 229 Å². The van der Waals surface area contributed by atoms with Crippen LogP contribution in [-0.4, -0.2) is 94.4 Å². The molecule has 0 aliphatic carbocycles. The lowest BCUT2D eigenvalue weighted by atomic mass is 9.83. The molecule has 1 aromatic heterocycles. The Morgan fingerprint density at radius 2 is 1.97 bits per heavy atom. The van der Waals surface area contributed by atoms with Crippen LogP contribution in [0.5, 0.6) is 0 Å². The molecule has 39 heavy (non-hydrogen) atoms. The van der Waals surface area contributed by atoms with Crippen molar-refractivity contribution in [3.05, 3.63) is 42.1 Å². The van der Waals surface area contributed by atoms with Crippen LogP contribution in [0.1, 0.15) is 45.2 Å². The van der Waals surface area contributed by atoms with Gasteiger partial charge < -0.3 is 45.1 Å². The second kappa shape index (κ2) is 11.6. The van der Waals surface area contributed by atoms with Crippen LogP contribution in [0.15, 0.2) is 31.0 Å². The number of rotatable bonds is 8. The summed E-state index contributed by atoms with van der Waals surface area (Å²) in [5.74, 6) is -0.0751. The van der Waals surface area contributed by atoms with Gasteiger partial charge in [0.15, 0.2) is 6.29 Å². The van der Waals surface area contributed by atoms with Crippen molar-refractivity contribution in [2.24, 2.45) is 5.92 Å². The number of aromatic nitrogens is 1. The Kier molecular flexibility index (Phi) is 8.75. The maximum atomic E-state index is 13.7. The van der Waals surface area contributed by atoms with Crippen LogP contribution in [0, 0.1) is 5.92 Å². The third kappa shape index (κ3) is 5.46. The zero-order valence-corrected chi connectivity index (χ0v) is 23.4. The summed E-state index contributed by atoms with van der Waals surface area (Å²) >= 11 is 0. The van der Waals surface area contributed by atoms with Crippen LogP contribution in [0.2, 0.25) is 0 Å². The molecule has 4 rings (SSSR count). The molecule has 8 atom stereocenters. The highest BCUT2D eigenvalue weighted by Gasteiger charge is 2.44. The molecule has 5 unspecified atom stereocenters. The van der Waals surface area contributed by atoms with Crippen molar-refractivity contribution >= 4 is 22.5 Å². The highest BCUT2D eigenvalue weighted by Crippen LogP contribution is 2.39. The monoisotopic (exact) mass is 545 g/mol. The Bertz CT molecular complexity index is 1180. The number of allylic oxidation sites excluding steroid dienone is 1. The fourth-order valence-corrected chi connectivity index (χ4v) is 5.71. The minimum atomic E-state index is -1.54. The molecule has 3 heterocycles. The molecule has 0 radical (unpaired) electrons. The first-order valence-electron chi connectivity index (χ1n) is 13.7. The first kappa shape index (κ1) is 29.5. The van der Waals surface area contributed by atoms with Gasteiger partial charge in [-0.3, -0.25) is 4.79 Å². The van der Waals surface area contributed by atoms with Crippen LogP contribution >= 0.6 is 0 Å². The van der Waals surface area contributed by atoms with Crippen LogP contribution in [0.3, 0.4) is 0 Å². The number of likely N-dealkylation sites (N-methyl/N-ethyl adjacent to an activating group) is 1. The zero-order valence-electron chi connectivity index (χ0n) is 23.4. The van der Waals surface area contributed by atoms with Gasteiger partial charge in [0.1, 0.15) is 30.5 Å². The summed E-state index contributed by atoms with van der Waals surface area (Å²) < 4.78 is 11.4. The van der Waals surface area contributed by atoms with Crippen LogP contribution in [0.25, 0.3) is 10.9 Å². The van der Waals surface area contributed by atoms with E-state index in [4.69, 9.17) is 9.47 Å². The number of nitrogens with one attached hydrogen (secondary N) is 2. The van der Waals surface area contributed by atoms with Gasteiger partial charge in [0.2, 0.25) is 5.91 Å². The van der Waals surface area contributed by atoms with Crippen molar-refractivity contribution in [3.8, 4) is 0 Å². The van der Waals surface area contributed by atoms with Gasteiger partial charge in [-0.25, -0.2) is 0 Å². The van der Waals surface area contributed by atoms with E-state index in [0.29, 0.717) is 6.42 Å². The van der Waals surface area contributed by atoms with Gasteiger partial charge in [0.25, 0.3) is 0 Å². The molecule has 2 aromatic rings. The van der Waals surface area contributed by atoms with E-state index in [-0.39, 0.29) is 23.8 Å². The molecule has 0 spiro atoms. The number of nitrogens with zero attached hydrogens (tertiary/aromatic N) is 1. The van der Waals surface area contributed by atoms with E-state index in [9.17, 15) is 25.2 Å². The standard InChI is InChI=1S/C29H43N3O7/c1-7-15(3)23-27(37)31-17(14-38-28-26(36)25(35)24(34)20(13-33)39-28)11-16-12-30-22-18(29(4,5)8-2)9-10-19(21(16)22)32(23)6/h8-10,12,15,17,20,23-26,28,30,33-36H,2,7,11,13-14H2,1,3-6H3,(H,31,37)/t15-,17-,20?,23-,24?,25?,26?,28?/m0/s1. The number of carbonyl (C=O) groups excluding carboxylic acids is 1. The molecule has 1 aromatic carbocycles. The molecule has 1 fully saturated rings. The average Bonchev–Trinajstić information content (AvgIpc) is 3.34. The highest BCUT2D eigenvalue weighted by molar-refractivity contribution is 6.00. The second-order valence-corrected chi connectivity index (χ2v) is 11.5. The van der Waals surface area contributed by atoms with Crippen molar-refractivity contribution in [2.45, 2.75) is 88.7 Å². The van der Waals surface area contributed by atoms with Gasteiger partial charge in [0, 0.05) is 29.7 Å². The molecule has 10 nitrogen and oxygen atoms in total. The van der Waals surface area contributed by atoms with Crippen LogP contribution in [-0.2, 0) is 26.1 Å².